The van der Waals surface area contributed by atoms with Crippen LogP contribution in [0, 0.1) is 5.82 Å². The molecule has 0 radical (unpaired) electrons. The van der Waals surface area contributed by atoms with E-state index in [1.165, 1.54) is 12.1 Å². The SMILES string of the molecule is CCOCCCNC(=S)Nc1cc(F)ccc1Br. The van der Waals surface area contributed by atoms with Gasteiger partial charge >= 0.3 is 0 Å². The normalized spacial score (nSPS) is 10.2. The zero-order valence-corrected chi connectivity index (χ0v) is 12.5. The molecule has 0 spiro atoms. The third-order valence-corrected chi connectivity index (χ3v) is 3.07. The highest BCUT2D eigenvalue weighted by molar-refractivity contribution is 9.10. The number of benzene rings is 1. The van der Waals surface area contributed by atoms with Gasteiger partial charge in [0.1, 0.15) is 5.82 Å². The van der Waals surface area contributed by atoms with Crippen molar-refractivity contribution in [1.29, 1.82) is 0 Å². The second kappa shape index (κ2) is 8.39. The first kappa shape index (κ1) is 15.3. The molecule has 100 valence electrons. The molecule has 1 aromatic carbocycles. The summed E-state index contributed by atoms with van der Waals surface area (Å²) in [4.78, 5) is 0. The molecule has 0 unspecified atom stereocenters. The van der Waals surface area contributed by atoms with Crippen molar-refractivity contribution in [3.63, 3.8) is 0 Å². The monoisotopic (exact) mass is 334 g/mol. The first-order valence-corrected chi connectivity index (χ1v) is 6.91. The quantitative estimate of drug-likeness (QED) is 0.617. The number of anilines is 1. The van der Waals surface area contributed by atoms with Crippen molar-refractivity contribution >= 4 is 38.9 Å². The molecule has 0 aliphatic heterocycles. The molecule has 0 atom stereocenters. The van der Waals surface area contributed by atoms with Crippen LogP contribution in [-0.2, 0) is 4.74 Å². The molecule has 0 aliphatic carbocycles. The van der Waals surface area contributed by atoms with Crippen LogP contribution in [-0.4, -0.2) is 24.9 Å². The Labute approximate surface area is 120 Å². The van der Waals surface area contributed by atoms with Crippen LogP contribution in [0.2, 0.25) is 0 Å². The highest BCUT2D eigenvalue weighted by Gasteiger charge is 2.03. The van der Waals surface area contributed by atoms with E-state index in [0.29, 0.717) is 17.4 Å². The van der Waals surface area contributed by atoms with E-state index in [1.54, 1.807) is 6.07 Å². The molecule has 2 N–H and O–H groups in total. The Morgan fingerprint density at radius 1 is 1.50 bits per heavy atom. The Morgan fingerprint density at radius 2 is 2.28 bits per heavy atom. The summed E-state index contributed by atoms with van der Waals surface area (Å²) in [7, 11) is 0. The van der Waals surface area contributed by atoms with Crippen LogP contribution in [0.1, 0.15) is 13.3 Å². The summed E-state index contributed by atoms with van der Waals surface area (Å²) in [5.74, 6) is -0.306. The molecular formula is C12H16BrFN2OS. The van der Waals surface area contributed by atoms with Gasteiger partial charge in [-0.15, -0.1) is 0 Å². The first-order chi connectivity index (χ1) is 8.63. The fourth-order valence-electron chi connectivity index (χ4n) is 1.28. The summed E-state index contributed by atoms with van der Waals surface area (Å²) < 4.78 is 19.0. The standard InChI is InChI=1S/C12H16BrFN2OS/c1-2-17-7-3-6-15-12(18)16-11-8-9(14)4-5-10(11)13/h4-5,8H,2-3,6-7H2,1H3,(H2,15,16,18). The van der Waals surface area contributed by atoms with Gasteiger partial charge in [-0.3, -0.25) is 0 Å². The lowest BCUT2D eigenvalue weighted by Gasteiger charge is -2.11. The van der Waals surface area contributed by atoms with E-state index in [2.05, 4.69) is 26.6 Å². The minimum atomic E-state index is -0.306. The molecule has 6 heteroatoms. The number of rotatable bonds is 6. The molecule has 0 aliphatic rings. The van der Waals surface area contributed by atoms with Crippen LogP contribution >= 0.6 is 28.1 Å². The topological polar surface area (TPSA) is 33.3 Å². The zero-order chi connectivity index (χ0) is 13.4. The van der Waals surface area contributed by atoms with Gasteiger partial charge < -0.3 is 15.4 Å². The maximum Gasteiger partial charge on any atom is 0.170 e. The van der Waals surface area contributed by atoms with Crippen molar-refractivity contribution in [2.24, 2.45) is 0 Å². The average Bonchev–Trinajstić information content (AvgIpc) is 2.33. The molecule has 0 fully saturated rings. The number of hydrogen-bond donors (Lipinski definition) is 2. The van der Waals surface area contributed by atoms with E-state index in [4.69, 9.17) is 17.0 Å². The summed E-state index contributed by atoms with van der Waals surface area (Å²) in [5, 5.41) is 6.44. The highest BCUT2D eigenvalue weighted by Crippen LogP contribution is 2.22. The molecule has 18 heavy (non-hydrogen) atoms. The van der Waals surface area contributed by atoms with E-state index in [1.807, 2.05) is 6.92 Å². The molecule has 3 nitrogen and oxygen atoms in total. The van der Waals surface area contributed by atoms with Crippen LogP contribution in [0.4, 0.5) is 10.1 Å². The van der Waals surface area contributed by atoms with Gasteiger partial charge in [-0.05, 0) is 59.7 Å². The van der Waals surface area contributed by atoms with E-state index in [9.17, 15) is 4.39 Å². The fraction of sp³-hybridized carbons (Fsp3) is 0.417. The van der Waals surface area contributed by atoms with Crippen molar-refractivity contribution in [3.05, 3.63) is 28.5 Å². The summed E-state index contributed by atoms with van der Waals surface area (Å²) in [6.07, 6.45) is 0.875. The number of nitrogens with one attached hydrogen (secondary N) is 2. The van der Waals surface area contributed by atoms with E-state index in [-0.39, 0.29) is 5.82 Å². The fourth-order valence-corrected chi connectivity index (χ4v) is 1.84. The predicted molar refractivity (Wildman–Crippen MR) is 79.4 cm³/mol. The molecule has 0 saturated carbocycles. The van der Waals surface area contributed by atoms with Crippen molar-refractivity contribution in [2.75, 3.05) is 25.1 Å². The molecule has 0 saturated heterocycles. The molecule has 1 aromatic rings. The van der Waals surface area contributed by atoms with Gasteiger partial charge in [0.15, 0.2) is 5.11 Å². The number of halogens is 2. The summed E-state index contributed by atoms with van der Waals surface area (Å²) in [6.45, 7) is 4.11. The Balaban J connectivity index is 2.33. The van der Waals surface area contributed by atoms with Gasteiger partial charge in [-0.2, -0.15) is 0 Å². The molecule has 1 rings (SSSR count). The third-order valence-electron chi connectivity index (χ3n) is 2.13. The third kappa shape index (κ3) is 5.75. The van der Waals surface area contributed by atoms with E-state index < -0.39 is 0 Å². The summed E-state index contributed by atoms with van der Waals surface area (Å²) in [6, 6.07) is 4.40. The molecule has 0 amide bonds. The lowest BCUT2D eigenvalue weighted by atomic mass is 10.3. The Morgan fingerprint density at radius 3 is 3.00 bits per heavy atom. The van der Waals surface area contributed by atoms with Gasteiger partial charge in [0.25, 0.3) is 0 Å². The Bertz CT molecular complexity index is 404. The Hall–Kier alpha value is -0.720. The van der Waals surface area contributed by atoms with Crippen LogP contribution in [0.15, 0.2) is 22.7 Å². The minimum absolute atomic E-state index is 0.306. The highest BCUT2D eigenvalue weighted by atomic mass is 79.9. The minimum Gasteiger partial charge on any atom is -0.382 e. The van der Waals surface area contributed by atoms with Crippen molar-refractivity contribution < 1.29 is 9.13 Å². The maximum absolute atomic E-state index is 13.0. The molecule has 0 heterocycles. The van der Waals surface area contributed by atoms with Crippen LogP contribution in [0.25, 0.3) is 0 Å². The number of hydrogen-bond acceptors (Lipinski definition) is 2. The summed E-state index contributed by atoms with van der Waals surface area (Å²) in [5.41, 5.74) is 0.609. The van der Waals surface area contributed by atoms with Crippen molar-refractivity contribution in [2.45, 2.75) is 13.3 Å². The second-order valence-electron chi connectivity index (χ2n) is 3.56. The molecular weight excluding hydrogens is 319 g/mol. The average molecular weight is 335 g/mol. The summed E-state index contributed by atoms with van der Waals surface area (Å²) >= 11 is 8.44. The van der Waals surface area contributed by atoms with Gasteiger partial charge in [-0.1, -0.05) is 0 Å². The van der Waals surface area contributed by atoms with E-state index in [0.717, 1.165) is 24.0 Å². The lowest BCUT2D eigenvalue weighted by Crippen LogP contribution is -2.30. The number of thiocarbonyl (C=S) groups is 1. The van der Waals surface area contributed by atoms with Gasteiger partial charge in [0, 0.05) is 24.2 Å². The smallest absolute Gasteiger partial charge is 0.170 e. The van der Waals surface area contributed by atoms with Crippen molar-refractivity contribution in [1.82, 2.24) is 5.32 Å². The van der Waals surface area contributed by atoms with Gasteiger partial charge in [-0.25, -0.2) is 4.39 Å². The largest absolute Gasteiger partial charge is 0.382 e. The van der Waals surface area contributed by atoms with Gasteiger partial charge in [0.2, 0.25) is 0 Å². The van der Waals surface area contributed by atoms with Gasteiger partial charge in [0.05, 0.1) is 5.69 Å². The predicted octanol–water partition coefficient (Wildman–Crippen LogP) is 3.30. The number of ether oxygens (including phenoxy) is 1. The van der Waals surface area contributed by atoms with Crippen molar-refractivity contribution in [3.8, 4) is 0 Å². The lowest BCUT2D eigenvalue weighted by molar-refractivity contribution is 0.146. The Kier molecular flexibility index (Phi) is 7.15. The first-order valence-electron chi connectivity index (χ1n) is 5.71. The molecule has 0 bridgehead atoms. The van der Waals surface area contributed by atoms with Crippen LogP contribution in [0.3, 0.4) is 0 Å². The van der Waals surface area contributed by atoms with Crippen LogP contribution in [0.5, 0.6) is 0 Å². The zero-order valence-electron chi connectivity index (χ0n) is 10.1. The van der Waals surface area contributed by atoms with Crippen LogP contribution < -0.4 is 10.6 Å². The van der Waals surface area contributed by atoms with E-state index >= 15 is 0 Å². The second-order valence-corrected chi connectivity index (χ2v) is 4.82. The molecule has 0 aromatic heterocycles. The maximum atomic E-state index is 13.0.